The molecule has 1 amide bonds. The number of nitrogens with zero attached hydrogens (tertiary/aromatic N) is 2. The lowest BCUT2D eigenvalue weighted by molar-refractivity contribution is -0.131. The highest BCUT2D eigenvalue weighted by atomic mass is 79.9. The van der Waals surface area contributed by atoms with E-state index in [2.05, 4.69) is 25.9 Å². The Labute approximate surface area is 176 Å². The Morgan fingerprint density at radius 2 is 2.04 bits per heavy atom. The summed E-state index contributed by atoms with van der Waals surface area (Å²) in [4.78, 5) is 34.1. The third-order valence-electron chi connectivity index (χ3n) is 4.47. The summed E-state index contributed by atoms with van der Waals surface area (Å²) in [5, 5.41) is 1.00. The van der Waals surface area contributed by atoms with Gasteiger partial charge in [0.05, 0.1) is 17.4 Å². The summed E-state index contributed by atoms with van der Waals surface area (Å²) in [7, 11) is 0. The number of carbonyl (C=O) groups excluding carboxylic acids is 1. The van der Waals surface area contributed by atoms with Crippen LogP contribution in [0.15, 0.2) is 51.7 Å². The van der Waals surface area contributed by atoms with Gasteiger partial charge in [0.15, 0.2) is 0 Å². The van der Waals surface area contributed by atoms with Crippen molar-refractivity contribution in [3.63, 3.8) is 0 Å². The van der Waals surface area contributed by atoms with Crippen LogP contribution in [0.25, 0.3) is 10.9 Å². The largest absolute Gasteiger partial charge is 0.335 e. The number of benzene rings is 2. The maximum Gasteiger partial charge on any atom is 0.258 e. The number of hydrogen-bond acceptors (Lipinski definition) is 3. The van der Waals surface area contributed by atoms with Gasteiger partial charge in [-0.25, -0.2) is 4.98 Å². The van der Waals surface area contributed by atoms with Gasteiger partial charge >= 0.3 is 0 Å². The Morgan fingerprint density at radius 1 is 1.25 bits per heavy atom. The monoisotopic (exact) mass is 461 g/mol. The zero-order valence-corrected chi connectivity index (χ0v) is 17.9. The Hall–Kier alpha value is -2.18. The quantitative estimate of drug-likeness (QED) is 0.553. The molecular formula is C21H21BrClN3O2. The molecule has 5 nitrogen and oxygen atoms in total. The van der Waals surface area contributed by atoms with Crippen LogP contribution < -0.4 is 5.56 Å². The van der Waals surface area contributed by atoms with Gasteiger partial charge in [0.1, 0.15) is 5.82 Å². The van der Waals surface area contributed by atoms with Gasteiger partial charge in [-0.3, -0.25) is 9.59 Å². The Morgan fingerprint density at radius 3 is 2.79 bits per heavy atom. The van der Waals surface area contributed by atoms with Gasteiger partial charge in [0.25, 0.3) is 5.56 Å². The Bertz CT molecular complexity index is 1050. The molecule has 0 aliphatic heterocycles. The second kappa shape index (κ2) is 9.34. The second-order valence-electron chi connectivity index (χ2n) is 6.58. The molecule has 28 heavy (non-hydrogen) atoms. The molecule has 1 aromatic heterocycles. The maximum atomic E-state index is 12.8. The van der Waals surface area contributed by atoms with Crippen LogP contribution in [0.1, 0.15) is 31.2 Å². The molecule has 0 aliphatic carbocycles. The third kappa shape index (κ3) is 5.00. The van der Waals surface area contributed by atoms with Gasteiger partial charge in [0.2, 0.25) is 5.91 Å². The molecule has 0 fully saturated rings. The number of aryl methyl sites for hydroxylation is 1. The fourth-order valence-electron chi connectivity index (χ4n) is 3.08. The van der Waals surface area contributed by atoms with E-state index in [1.807, 2.05) is 31.2 Å². The van der Waals surface area contributed by atoms with Crippen molar-refractivity contribution in [2.24, 2.45) is 0 Å². The van der Waals surface area contributed by atoms with Crippen LogP contribution in [0, 0.1) is 0 Å². The normalized spacial score (nSPS) is 11.0. The van der Waals surface area contributed by atoms with Gasteiger partial charge in [0, 0.05) is 22.5 Å². The fourth-order valence-corrected chi connectivity index (χ4v) is 3.73. The van der Waals surface area contributed by atoms with Crippen molar-refractivity contribution in [3.8, 4) is 0 Å². The first-order chi connectivity index (χ1) is 13.5. The number of hydrogen-bond donors (Lipinski definition) is 1. The highest BCUT2D eigenvalue weighted by molar-refractivity contribution is 9.10. The van der Waals surface area contributed by atoms with Crippen molar-refractivity contribution >= 4 is 44.3 Å². The zero-order valence-electron chi connectivity index (χ0n) is 15.5. The van der Waals surface area contributed by atoms with Crippen LogP contribution in [0.3, 0.4) is 0 Å². The van der Waals surface area contributed by atoms with Crippen LogP contribution >= 0.6 is 27.5 Å². The molecule has 1 N–H and O–H groups in total. The molecule has 0 saturated heterocycles. The van der Waals surface area contributed by atoms with Crippen molar-refractivity contribution in [2.45, 2.75) is 32.7 Å². The van der Waals surface area contributed by atoms with E-state index < -0.39 is 0 Å². The number of aromatic nitrogens is 2. The van der Waals surface area contributed by atoms with Gasteiger partial charge in [-0.05, 0) is 42.7 Å². The molecule has 0 atom stereocenters. The molecule has 1 heterocycles. The molecule has 146 valence electrons. The van der Waals surface area contributed by atoms with E-state index in [-0.39, 0.29) is 18.0 Å². The van der Waals surface area contributed by atoms with Crippen LogP contribution in [0.2, 0.25) is 5.02 Å². The van der Waals surface area contributed by atoms with Crippen molar-refractivity contribution in [1.29, 1.82) is 0 Å². The summed E-state index contributed by atoms with van der Waals surface area (Å²) in [5.41, 5.74) is 1.40. The zero-order chi connectivity index (χ0) is 20.1. The predicted octanol–water partition coefficient (Wildman–Crippen LogP) is 4.71. The number of aromatic amines is 1. The molecule has 0 spiro atoms. The minimum absolute atomic E-state index is 0.0337. The average Bonchev–Trinajstić information content (AvgIpc) is 2.66. The van der Waals surface area contributed by atoms with Gasteiger partial charge in [-0.2, -0.15) is 0 Å². The molecule has 3 aromatic rings. The van der Waals surface area contributed by atoms with Crippen LogP contribution in [0.5, 0.6) is 0 Å². The lowest BCUT2D eigenvalue weighted by atomic mass is 10.1. The SMILES string of the molecule is CCCN(Cc1nc2cc(Cl)ccc2c(=O)[nH]1)C(=O)CCc1ccccc1Br. The summed E-state index contributed by atoms with van der Waals surface area (Å²) in [6.45, 7) is 2.89. The van der Waals surface area contributed by atoms with Crippen molar-refractivity contribution in [1.82, 2.24) is 14.9 Å². The average molecular weight is 463 g/mol. The van der Waals surface area contributed by atoms with E-state index in [0.717, 1.165) is 16.5 Å². The fraction of sp³-hybridized carbons (Fsp3) is 0.286. The van der Waals surface area contributed by atoms with Crippen molar-refractivity contribution < 1.29 is 4.79 Å². The van der Waals surface area contributed by atoms with E-state index in [4.69, 9.17) is 11.6 Å². The first-order valence-electron chi connectivity index (χ1n) is 9.17. The van der Waals surface area contributed by atoms with Gasteiger partial charge in [-0.1, -0.05) is 52.7 Å². The molecule has 0 bridgehead atoms. The lowest BCUT2D eigenvalue weighted by Gasteiger charge is -2.22. The molecule has 2 aromatic carbocycles. The number of nitrogens with one attached hydrogen (secondary N) is 1. The molecule has 0 aliphatic rings. The van der Waals surface area contributed by atoms with Gasteiger partial charge < -0.3 is 9.88 Å². The first-order valence-corrected chi connectivity index (χ1v) is 10.3. The molecule has 3 rings (SSSR count). The molecule has 7 heteroatoms. The Kier molecular flexibility index (Phi) is 6.86. The predicted molar refractivity (Wildman–Crippen MR) is 116 cm³/mol. The molecule has 0 radical (unpaired) electrons. The number of H-pyrrole nitrogens is 1. The summed E-state index contributed by atoms with van der Waals surface area (Å²) in [5.74, 6) is 0.494. The summed E-state index contributed by atoms with van der Waals surface area (Å²) >= 11 is 9.54. The number of halogens is 2. The smallest absolute Gasteiger partial charge is 0.258 e. The van der Waals surface area contributed by atoms with E-state index in [0.29, 0.717) is 41.1 Å². The molecule has 0 saturated carbocycles. The molecule has 0 unspecified atom stereocenters. The lowest BCUT2D eigenvalue weighted by Crippen LogP contribution is -2.33. The van der Waals surface area contributed by atoms with Gasteiger partial charge in [-0.15, -0.1) is 0 Å². The van der Waals surface area contributed by atoms with Crippen molar-refractivity contribution in [3.05, 3.63) is 73.7 Å². The minimum Gasteiger partial charge on any atom is -0.335 e. The Balaban J connectivity index is 1.77. The topological polar surface area (TPSA) is 66.1 Å². The number of rotatable bonds is 7. The minimum atomic E-state index is -0.228. The van der Waals surface area contributed by atoms with Crippen LogP contribution in [-0.4, -0.2) is 27.3 Å². The summed E-state index contributed by atoms with van der Waals surface area (Å²) in [6.07, 6.45) is 1.87. The van der Waals surface area contributed by atoms with Crippen LogP contribution in [0.4, 0.5) is 0 Å². The van der Waals surface area contributed by atoms with E-state index in [9.17, 15) is 9.59 Å². The summed E-state index contributed by atoms with van der Waals surface area (Å²) in [6, 6.07) is 12.9. The number of amides is 1. The highest BCUT2D eigenvalue weighted by Crippen LogP contribution is 2.18. The van der Waals surface area contributed by atoms with Crippen molar-refractivity contribution in [2.75, 3.05) is 6.54 Å². The standard InChI is InChI=1S/C21H21BrClN3O2/c1-2-11-26(20(27)10-7-14-5-3-4-6-17(14)22)13-19-24-18-12-15(23)8-9-16(18)21(28)25-19/h3-6,8-9,12H,2,7,10-11,13H2,1H3,(H,24,25,28). The maximum absolute atomic E-state index is 12.8. The molecular weight excluding hydrogens is 442 g/mol. The summed E-state index contributed by atoms with van der Waals surface area (Å²) < 4.78 is 1.00. The van der Waals surface area contributed by atoms with E-state index >= 15 is 0 Å². The van der Waals surface area contributed by atoms with E-state index in [1.165, 1.54) is 0 Å². The third-order valence-corrected chi connectivity index (χ3v) is 5.48. The highest BCUT2D eigenvalue weighted by Gasteiger charge is 2.16. The van der Waals surface area contributed by atoms with Crippen LogP contribution in [-0.2, 0) is 17.8 Å². The number of fused-ring (bicyclic) bond motifs is 1. The number of carbonyl (C=O) groups is 1. The van der Waals surface area contributed by atoms with E-state index in [1.54, 1.807) is 23.1 Å². The first kappa shape index (κ1) is 20.6. The second-order valence-corrected chi connectivity index (χ2v) is 7.87.